The predicted molar refractivity (Wildman–Crippen MR) is 191 cm³/mol. The van der Waals surface area contributed by atoms with Gasteiger partial charge in [-0.1, -0.05) is 0 Å². The van der Waals surface area contributed by atoms with Crippen LogP contribution in [0.4, 0.5) is 0 Å². The van der Waals surface area contributed by atoms with Crippen molar-refractivity contribution in [2.75, 3.05) is 0 Å². The summed E-state index contributed by atoms with van der Waals surface area (Å²) < 4.78 is 1.45. The van der Waals surface area contributed by atoms with Crippen LogP contribution < -0.4 is 13.6 Å². The van der Waals surface area contributed by atoms with Crippen molar-refractivity contribution in [3.8, 4) is 22.3 Å². The van der Waals surface area contributed by atoms with Crippen molar-refractivity contribution in [1.82, 2.24) is 0 Å². The van der Waals surface area contributed by atoms with Crippen LogP contribution in [-0.4, -0.2) is 9.52 Å². The fourth-order valence-electron chi connectivity index (χ4n) is 7.42. The number of hydrogen-bond donors (Lipinski definition) is 0. The summed E-state index contributed by atoms with van der Waals surface area (Å²) in [5, 5.41) is 3.02. The number of allylic oxidation sites excluding steroid dienone is 1. The van der Waals surface area contributed by atoms with Crippen molar-refractivity contribution in [3.63, 3.8) is 0 Å². The Morgan fingerprint density at radius 1 is 0.767 bits per heavy atom. The molecule has 4 aromatic rings. The van der Waals surface area contributed by atoms with Gasteiger partial charge in [-0.15, -0.1) is 0 Å². The Kier molecular flexibility index (Phi) is 9.16. The Morgan fingerprint density at radius 3 is 2.12 bits per heavy atom. The monoisotopic (exact) mass is 700 g/mol. The SMILES string of the molecule is CCCC1=Cc2c(ccc(CCC)c2-c2cc(C(C)C)cc(C(C)C)c2)[CH]1[Zr]([Cl])([Cl])[c]1cccc2c1[SiH2]c1ccccc1-2. The van der Waals surface area contributed by atoms with Gasteiger partial charge in [-0.2, -0.15) is 0 Å². The zero-order valence-corrected chi connectivity index (χ0v) is 31.9. The minimum absolute atomic E-state index is 0.129. The summed E-state index contributed by atoms with van der Waals surface area (Å²) in [6, 6.07) is 27.9. The molecule has 0 saturated carbocycles. The van der Waals surface area contributed by atoms with Gasteiger partial charge in [0.05, 0.1) is 0 Å². The number of rotatable bonds is 9. The van der Waals surface area contributed by atoms with Crippen LogP contribution in [0.15, 0.2) is 78.4 Å². The summed E-state index contributed by atoms with van der Waals surface area (Å²) in [6.45, 7) is 13.8. The van der Waals surface area contributed by atoms with Crippen LogP contribution in [0.1, 0.15) is 104 Å². The van der Waals surface area contributed by atoms with Crippen LogP contribution in [0, 0.1) is 0 Å². The number of fused-ring (bicyclic) bond motifs is 4. The first-order valence-corrected chi connectivity index (χ1v) is 26.6. The molecule has 43 heavy (non-hydrogen) atoms. The molecule has 1 unspecified atom stereocenters. The van der Waals surface area contributed by atoms with Crippen molar-refractivity contribution < 1.29 is 17.9 Å². The van der Waals surface area contributed by atoms with Crippen LogP contribution in [0.2, 0.25) is 0 Å². The molecule has 0 fully saturated rings. The number of benzene rings is 4. The van der Waals surface area contributed by atoms with E-state index in [0.717, 1.165) is 25.7 Å². The molecule has 1 aliphatic carbocycles. The maximum atomic E-state index is 7.94. The number of halogens is 2. The van der Waals surface area contributed by atoms with Crippen LogP contribution >= 0.6 is 17.0 Å². The van der Waals surface area contributed by atoms with Gasteiger partial charge in [-0.05, 0) is 0 Å². The van der Waals surface area contributed by atoms with Crippen LogP contribution in [0.5, 0.6) is 0 Å². The van der Waals surface area contributed by atoms with Gasteiger partial charge in [0.2, 0.25) is 0 Å². The molecule has 0 amide bonds. The van der Waals surface area contributed by atoms with Gasteiger partial charge in [0, 0.05) is 0 Å². The first kappa shape index (κ1) is 31.3. The molecule has 1 atom stereocenters. The molecule has 0 saturated heterocycles. The molecular formula is C39H44Cl2SiZr. The van der Waals surface area contributed by atoms with Gasteiger partial charge in [-0.3, -0.25) is 0 Å². The Balaban J connectivity index is 1.55. The first-order chi connectivity index (χ1) is 20.6. The van der Waals surface area contributed by atoms with E-state index in [1.165, 1.54) is 69.3 Å². The van der Waals surface area contributed by atoms with E-state index < -0.39 is 27.4 Å². The Hall–Kier alpha value is -1.70. The number of hydrogen-bond acceptors (Lipinski definition) is 0. The third-order valence-electron chi connectivity index (χ3n) is 9.61. The molecule has 4 heteroatoms. The molecule has 0 aromatic heterocycles. The second kappa shape index (κ2) is 12.6. The summed E-state index contributed by atoms with van der Waals surface area (Å²) >= 11 is -4.00. The summed E-state index contributed by atoms with van der Waals surface area (Å²) in [7, 11) is 15.3. The Morgan fingerprint density at radius 2 is 1.44 bits per heavy atom. The fourth-order valence-corrected chi connectivity index (χ4v) is 24.3. The third kappa shape index (κ3) is 5.65. The topological polar surface area (TPSA) is 0 Å². The molecule has 0 nitrogen and oxygen atoms in total. The summed E-state index contributed by atoms with van der Waals surface area (Å²) in [4.78, 5) is 0. The van der Waals surface area contributed by atoms with Crippen molar-refractivity contribution >= 4 is 46.3 Å². The normalized spacial score (nSPS) is 16.1. The molecule has 1 aliphatic heterocycles. The molecule has 0 spiro atoms. The average Bonchev–Trinajstić information content (AvgIpc) is 3.55. The summed E-state index contributed by atoms with van der Waals surface area (Å²) in [5.41, 5.74) is 14.0. The van der Waals surface area contributed by atoms with E-state index in [1.54, 1.807) is 0 Å². The maximum absolute atomic E-state index is 7.94. The molecule has 6 rings (SSSR count). The van der Waals surface area contributed by atoms with E-state index in [4.69, 9.17) is 17.0 Å². The average molecular weight is 703 g/mol. The van der Waals surface area contributed by atoms with E-state index in [0.29, 0.717) is 11.8 Å². The van der Waals surface area contributed by atoms with Crippen LogP contribution in [-0.2, 0) is 24.3 Å². The van der Waals surface area contributed by atoms with E-state index in [2.05, 4.69) is 120 Å². The zero-order chi connectivity index (χ0) is 30.5. The van der Waals surface area contributed by atoms with Gasteiger partial charge in [0.25, 0.3) is 0 Å². The van der Waals surface area contributed by atoms with E-state index >= 15 is 0 Å². The Labute approximate surface area is 273 Å². The van der Waals surface area contributed by atoms with Gasteiger partial charge >= 0.3 is 275 Å². The van der Waals surface area contributed by atoms with E-state index in [9.17, 15) is 0 Å². The summed E-state index contributed by atoms with van der Waals surface area (Å²) in [6.07, 6.45) is 6.84. The molecule has 222 valence electrons. The van der Waals surface area contributed by atoms with Crippen LogP contribution in [0.25, 0.3) is 28.3 Å². The summed E-state index contributed by atoms with van der Waals surface area (Å²) in [5.74, 6) is 0.955. The van der Waals surface area contributed by atoms with Gasteiger partial charge in [0.1, 0.15) is 0 Å². The second-order valence-electron chi connectivity index (χ2n) is 13.2. The fraction of sp³-hybridized carbons (Fsp3) is 0.333. The minimum atomic E-state index is -4.00. The van der Waals surface area contributed by atoms with Gasteiger partial charge < -0.3 is 0 Å². The van der Waals surface area contributed by atoms with E-state index in [-0.39, 0.29) is 3.63 Å². The molecule has 2 aliphatic rings. The number of aryl methyl sites for hydroxylation is 1. The van der Waals surface area contributed by atoms with Crippen LogP contribution in [0.3, 0.4) is 0 Å². The van der Waals surface area contributed by atoms with Crippen molar-refractivity contribution in [3.05, 3.63) is 106 Å². The molecular weight excluding hydrogens is 659 g/mol. The van der Waals surface area contributed by atoms with Gasteiger partial charge in [0.15, 0.2) is 0 Å². The standard InChI is InChI=1S/C27H35.C12H9Si.2ClH.Zr/c1-7-9-20-13-22-12-11-21(10-8-2)27(26(22)14-20)25-16-23(18(3)4)15-24(17-25)19(5)6;1-3-7-11-9(5-1)10-6-2-4-8-12(10)13-11;;;/h11-19H,7-10H2,1-6H3;1-7H,13H2;2*1H;/q;;;;+2/p-2. The molecule has 0 radical (unpaired) electrons. The van der Waals surface area contributed by atoms with E-state index in [1.807, 2.05) is 0 Å². The zero-order valence-electron chi connectivity index (χ0n) is 26.5. The molecule has 0 N–H and O–H groups in total. The molecule has 0 bridgehead atoms. The first-order valence-electron chi connectivity index (χ1n) is 16.3. The van der Waals surface area contributed by atoms with Crippen molar-refractivity contribution in [2.45, 2.75) is 82.7 Å². The molecule has 1 heterocycles. The Bertz CT molecular complexity index is 1690. The molecule has 4 aromatic carbocycles. The predicted octanol–water partition coefficient (Wildman–Crippen LogP) is 9.68. The quantitative estimate of drug-likeness (QED) is 0.134. The van der Waals surface area contributed by atoms with Crippen molar-refractivity contribution in [2.24, 2.45) is 0 Å². The van der Waals surface area contributed by atoms with Gasteiger partial charge in [-0.25, -0.2) is 0 Å². The van der Waals surface area contributed by atoms with Crippen molar-refractivity contribution in [1.29, 1.82) is 0 Å². The second-order valence-corrected chi connectivity index (χ2v) is 29.1. The third-order valence-corrected chi connectivity index (χ3v) is 24.0.